The fraction of sp³-hybridized carbons (Fsp3) is 0.308. The SMILES string of the molecule is O=S(=O)(c1cccc2cccnc12)N1CCC(O)C1. The Hall–Kier alpha value is -1.50. The molecule has 0 bridgehead atoms. The number of fused-ring (bicyclic) bond motifs is 1. The molecule has 1 fully saturated rings. The van der Waals surface area contributed by atoms with E-state index in [4.69, 9.17) is 0 Å². The fourth-order valence-corrected chi connectivity index (χ4v) is 4.01. The van der Waals surface area contributed by atoms with Crippen LogP contribution in [0.2, 0.25) is 0 Å². The van der Waals surface area contributed by atoms with E-state index < -0.39 is 16.1 Å². The summed E-state index contributed by atoms with van der Waals surface area (Å²) in [5.74, 6) is 0. The van der Waals surface area contributed by atoms with Crippen LogP contribution in [0.3, 0.4) is 0 Å². The lowest BCUT2D eigenvalue weighted by Gasteiger charge is -2.16. The number of rotatable bonds is 2. The Balaban J connectivity index is 2.14. The number of aliphatic hydroxyl groups is 1. The topological polar surface area (TPSA) is 70.5 Å². The summed E-state index contributed by atoms with van der Waals surface area (Å²) in [6.07, 6.45) is 1.50. The number of aromatic nitrogens is 1. The third-order valence-electron chi connectivity index (χ3n) is 3.34. The second-order valence-electron chi connectivity index (χ2n) is 4.64. The highest BCUT2D eigenvalue weighted by Gasteiger charge is 2.32. The van der Waals surface area contributed by atoms with E-state index in [2.05, 4.69) is 4.98 Å². The van der Waals surface area contributed by atoms with Gasteiger partial charge in [-0.3, -0.25) is 4.98 Å². The molecule has 3 rings (SSSR count). The summed E-state index contributed by atoms with van der Waals surface area (Å²) in [5, 5.41) is 10.3. The van der Waals surface area contributed by atoms with E-state index in [9.17, 15) is 13.5 Å². The van der Waals surface area contributed by atoms with Crippen LogP contribution in [0.4, 0.5) is 0 Å². The molecule has 1 saturated heterocycles. The zero-order valence-corrected chi connectivity index (χ0v) is 11.0. The van der Waals surface area contributed by atoms with E-state index >= 15 is 0 Å². The number of hydrogen-bond donors (Lipinski definition) is 1. The molecule has 0 saturated carbocycles. The van der Waals surface area contributed by atoms with Crippen molar-refractivity contribution in [2.45, 2.75) is 17.4 Å². The molecule has 0 aliphatic carbocycles. The maximum Gasteiger partial charge on any atom is 0.245 e. The van der Waals surface area contributed by atoms with Gasteiger partial charge in [-0.25, -0.2) is 8.42 Å². The summed E-state index contributed by atoms with van der Waals surface area (Å²) in [6.45, 7) is 0.512. The van der Waals surface area contributed by atoms with E-state index in [1.165, 1.54) is 4.31 Å². The number of aliphatic hydroxyl groups excluding tert-OH is 1. The van der Waals surface area contributed by atoms with E-state index in [1.54, 1.807) is 24.4 Å². The fourth-order valence-electron chi connectivity index (χ4n) is 2.35. The van der Waals surface area contributed by atoms with Gasteiger partial charge in [-0.05, 0) is 18.6 Å². The summed E-state index contributed by atoms with van der Waals surface area (Å²) in [6, 6.07) is 8.72. The second kappa shape index (κ2) is 4.56. The van der Waals surface area contributed by atoms with Crippen molar-refractivity contribution in [2.75, 3.05) is 13.1 Å². The van der Waals surface area contributed by atoms with Gasteiger partial charge in [0.05, 0.1) is 11.6 Å². The molecule has 19 heavy (non-hydrogen) atoms. The first kappa shape index (κ1) is 12.5. The van der Waals surface area contributed by atoms with Crippen LogP contribution in [0.25, 0.3) is 10.9 Å². The highest BCUT2D eigenvalue weighted by atomic mass is 32.2. The lowest BCUT2D eigenvalue weighted by Crippen LogP contribution is -2.29. The summed E-state index contributed by atoms with van der Waals surface area (Å²) >= 11 is 0. The minimum atomic E-state index is -3.59. The largest absolute Gasteiger partial charge is 0.392 e. The number of pyridine rings is 1. The summed E-state index contributed by atoms with van der Waals surface area (Å²) in [5.41, 5.74) is 0.478. The predicted molar refractivity (Wildman–Crippen MR) is 71.1 cm³/mol. The number of benzene rings is 1. The van der Waals surface area contributed by atoms with Crippen molar-refractivity contribution in [2.24, 2.45) is 0 Å². The molecule has 1 atom stereocenters. The molecule has 1 N–H and O–H groups in total. The summed E-state index contributed by atoms with van der Waals surface area (Å²) in [7, 11) is -3.59. The number of β-amino-alcohol motifs (C(OH)–C–C–N with tert-alkyl or cyclic N) is 1. The zero-order chi connectivity index (χ0) is 13.5. The first-order chi connectivity index (χ1) is 9.09. The van der Waals surface area contributed by atoms with E-state index in [1.807, 2.05) is 12.1 Å². The minimum absolute atomic E-state index is 0.158. The molecule has 2 heterocycles. The average molecular weight is 278 g/mol. The predicted octanol–water partition coefficient (Wildman–Crippen LogP) is 0.990. The van der Waals surface area contributed by atoms with Crippen molar-refractivity contribution in [1.82, 2.24) is 9.29 Å². The first-order valence-corrected chi connectivity index (χ1v) is 7.55. The van der Waals surface area contributed by atoms with Gasteiger partial charge >= 0.3 is 0 Å². The van der Waals surface area contributed by atoms with Gasteiger partial charge in [0.1, 0.15) is 4.90 Å². The molecule has 1 aliphatic rings. The lowest BCUT2D eigenvalue weighted by atomic mass is 10.2. The van der Waals surface area contributed by atoms with Crippen LogP contribution in [-0.4, -0.2) is 42.0 Å². The van der Waals surface area contributed by atoms with Crippen molar-refractivity contribution >= 4 is 20.9 Å². The van der Waals surface area contributed by atoms with Crippen LogP contribution in [0, 0.1) is 0 Å². The van der Waals surface area contributed by atoms with Crippen molar-refractivity contribution in [3.05, 3.63) is 36.5 Å². The zero-order valence-electron chi connectivity index (χ0n) is 10.2. The van der Waals surface area contributed by atoms with Crippen molar-refractivity contribution in [3.8, 4) is 0 Å². The molecule has 0 spiro atoms. The second-order valence-corrected chi connectivity index (χ2v) is 6.54. The van der Waals surface area contributed by atoms with Gasteiger partial charge in [0.25, 0.3) is 0 Å². The molecule has 1 unspecified atom stereocenters. The Morgan fingerprint density at radius 1 is 1.26 bits per heavy atom. The molecular weight excluding hydrogens is 264 g/mol. The quantitative estimate of drug-likeness (QED) is 0.889. The Kier molecular flexibility index (Phi) is 3.00. The molecule has 1 aromatic carbocycles. The van der Waals surface area contributed by atoms with Gasteiger partial charge in [0.2, 0.25) is 10.0 Å². The Bertz CT molecular complexity index is 709. The van der Waals surface area contributed by atoms with Crippen molar-refractivity contribution in [1.29, 1.82) is 0 Å². The highest BCUT2D eigenvalue weighted by Crippen LogP contribution is 2.26. The van der Waals surface area contributed by atoms with E-state index in [0.717, 1.165) is 5.39 Å². The van der Waals surface area contributed by atoms with E-state index in [0.29, 0.717) is 18.5 Å². The molecule has 1 aromatic heterocycles. The normalized spacial score (nSPS) is 21.0. The third-order valence-corrected chi connectivity index (χ3v) is 5.24. The molecular formula is C13H14N2O3S. The number of sulfonamides is 1. The maximum absolute atomic E-state index is 12.6. The van der Waals surface area contributed by atoms with Crippen molar-refractivity contribution < 1.29 is 13.5 Å². The summed E-state index contributed by atoms with van der Waals surface area (Å²) in [4.78, 5) is 4.38. The molecule has 1 aliphatic heterocycles. The van der Waals surface area contributed by atoms with Gasteiger partial charge in [-0.1, -0.05) is 18.2 Å². The van der Waals surface area contributed by atoms with Crippen LogP contribution in [-0.2, 0) is 10.0 Å². The highest BCUT2D eigenvalue weighted by molar-refractivity contribution is 7.89. The molecule has 6 heteroatoms. The Morgan fingerprint density at radius 3 is 2.79 bits per heavy atom. The smallest absolute Gasteiger partial charge is 0.245 e. The van der Waals surface area contributed by atoms with Gasteiger partial charge < -0.3 is 5.11 Å². The average Bonchev–Trinajstić information content (AvgIpc) is 2.85. The Labute approximate surface area is 111 Å². The Morgan fingerprint density at radius 2 is 2.05 bits per heavy atom. The third kappa shape index (κ3) is 2.11. The van der Waals surface area contributed by atoms with Crippen molar-refractivity contribution in [3.63, 3.8) is 0 Å². The van der Waals surface area contributed by atoms with Crippen LogP contribution in [0.1, 0.15) is 6.42 Å². The van der Waals surface area contributed by atoms with E-state index in [-0.39, 0.29) is 11.4 Å². The van der Waals surface area contributed by atoms with Crippen LogP contribution < -0.4 is 0 Å². The van der Waals surface area contributed by atoms with Crippen LogP contribution in [0.15, 0.2) is 41.4 Å². The molecule has 5 nitrogen and oxygen atoms in total. The first-order valence-electron chi connectivity index (χ1n) is 6.11. The standard InChI is InChI=1S/C13H14N2O3S/c16-11-6-8-15(9-11)19(17,18)12-5-1-3-10-4-2-7-14-13(10)12/h1-5,7,11,16H,6,8-9H2. The molecule has 2 aromatic rings. The lowest BCUT2D eigenvalue weighted by molar-refractivity contribution is 0.189. The van der Waals surface area contributed by atoms with Gasteiger partial charge in [0.15, 0.2) is 0 Å². The van der Waals surface area contributed by atoms with Gasteiger partial charge in [-0.2, -0.15) is 4.31 Å². The molecule has 0 amide bonds. The monoisotopic (exact) mass is 278 g/mol. The number of nitrogens with zero attached hydrogens (tertiary/aromatic N) is 2. The number of para-hydroxylation sites is 1. The van der Waals surface area contributed by atoms with Crippen LogP contribution >= 0.6 is 0 Å². The molecule has 100 valence electrons. The summed E-state index contributed by atoms with van der Waals surface area (Å²) < 4.78 is 26.5. The maximum atomic E-state index is 12.6. The molecule has 0 radical (unpaired) electrons. The minimum Gasteiger partial charge on any atom is -0.392 e. The number of hydrogen-bond acceptors (Lipinski definition) is 4. The van der Waals surface area contributed by atoms with Gasteiger partial charge in [-0.15, -0.1) is 0 Å². The van der Waals surface area contributed by atoms with Crippen LogP contribution in [0.5, 0.6) is 0 Å². The van der Waals surface area contributed by atoms with Gasteiger partial charge in [0, 0.05) is 24.7 Å².